The maximum absolute atomic E-state index is 13.0. The molecule has 29 heavy (non-hydrogen) atoms. The van der Waals surface area contributed by atoms with Crippen LogP contribution in [0.2, 0.25) is 0 Å². The molecule has 1 aromatic carbocycles. The number of hydrogen-bond acceptors (Lipinski definition) is 6. The third kappa shape index (κ3) is 4.02. The van der Waals surface area contributed by atoms with Crippen LogP contribution in [0.15, 0.2) is 40.9 Å². The standard InChI is InChI=1S/C23H28O6/c1-22(2)8-15(26)20(16(27)9-22)19(13-6-5-12(24)7-14(13)25)21-17(28)10-23(3,4)11-18(21)29/h5-7,19,24-26,28H,8-11H2,1-4H3. The minimum absolute atomic E-state index is 0.0277. The van der Waals surface area contributed by atoms with Crippen LogP contribution in [-0.4, -0.2) is 32.0 Å². The van der Waals surface area contributed by atoms with Crippen LogP contribution >= 0.6 is 0 Å². The highest BCUT2D eigenvalue weighted by molar-refractivity contribution is 6.05. The lowest BCUT2D eigenvalue weighted by molar-refractivity contribution is -0.119. The lowest BCUT2D eigenvalue weighted by Gasteiger charge is -2.36. The number of carbonyl (C=O) groups excluding carboxylic acids is 2. The molecule has 2 aliphatic carbocycles. The van der Waals surface area contributed by atoms with E-state index in [4.69, 9.17) is 0 Å². The smallest absolute Gasteiger partial charge is 0.163 e. The Kier molecular flexibility index (Phi) is 5.01. The second-order valence-electron chi connectivity index (χ2n) is 9.78. The number of hydrogen-bond donors (Lipinski definition) is 4. The molecule has 1 aromatic rings. The molecule has 0 bridgehead atoms. The summed E-state index contributed by atoms with van der Waals surface area (Å²) in [7, 11) is 0. The Morgan fingerprint density at radius 3 is 1.59 bits per heavy atom. The Morgan fingerprint density at radius 1 is 0.759 bits per heavy atom. The van der Waals surface area contributed by atoms with Gasteiger partial charge in [0.25, 0.3) is 0 Å². The first kappa shape index (κ1) is 21.0. The summed E-state index contributed by atoms with van der Waals surface area (Å²) in [6.45, 7) is 7.48. The third-order valence-corrected chi connectivity index (χ3v) is 5.70. The fraction of sp³-hybridized carbons (Fsp3) is 0.478. The van der Waals surface area contributed by atoms with Gasteiger partial charge >= 0.3 is 0 Å². The second kappa shape index (κ2) is 6.94. The van der Waals surface area contributed by atoms with Crippen molar-refractivity contribution in [3.8, 4) is 11.5 Å². The van der Waals surface area contributed by atoms with Crippen molar-refractivity contribution in [3.63, 3.8) is 0 Å². The number of phenols is 2. The van der Waals surface area contributed by atoms with Crippen LogP contribution in [-0.2, 0) is 9.59 Å². The second-order valence-corrected chi connectivity index (χ2v) is 9.78. The van der Waals surface area contributed by atoms with Gasteiger partial charge < -0.3 is 20.4 Å². The average molecular weight is 400 g/mol. The highest BCUT2D eigenvalue weighted by atomic mass is 16.3. The zero-order valence-electron chi connectivity index (χ0n) is 17.2. The van der Waals surface area contributed by atoms with Gasteiger partial charge in [0, 0.05) is 48.5 Å². The monoisotopic (exact) mass is 400 g/mol. The summed E-state index contributed by atoms with van der Waals surface area (Å²) >= 11 is 0. The van der Waals surface area contributed by atoms with E-state index in [9.17, 15) is 30.0 Å². The van der Waals surface area contributed by atoms with Gasteiger partial charge in [-0.2, -0.15) is 0 Å². The van der Waals surface area contributed by atoms with E-state index in [1.54, 1.807) is 0 Å². The van der Waals surface area contributed by atoms with E-state index >= 15 is 0 Å². The normalized spacial score (nSPS) is 21.8. The zero-order chi connectivity index (χ0) is 21.7. The van der Waals surface area contributed by atoms with Gasteiger partial charge in [0.1, 0.15) is 23.0 Å². The molecule has 156 valence electrons. The molecule has 3 rings (SSSR count). The lowest BCUT2D eigenvalue weighted by Crippen LogP contribution is -2.33. The Balaban J connectivity index is 2.27. The third-order valence-electron chi connectivity index (χ3n) is 5.70. The number of benzene rings is 1. The van der Waals surface area contributed by atoms with E-state index in [0.717, 1.165) is 6.07 Å². The van der Waals surface area contributed by atoms with Gasteiger partial charge in [-0.05, 0) is 16.9 Å². The van der Waals surface area contributed by atoms with E-state index in [-0.39, 0.29) is 77.0 Å². The Bertz CT molecular complexity index is 896. The molecule has 0 radical (unpaired) electrons. The first-order chi connectivity index (χ1) is 13.3. The predicted molar refractivity (Wildman–Crippen MR) is 108 cm³/mol. The Labute approximate surface area is 170 Å². The number of aliphatic hydroxyl groups is 2. The fourth-order valence-electron chi connectivity index (χ4n) is 4.49. The number of rotatable bonds is 3. The molecule has 6 heteroatoms. The Hall–Kier alpha value is -2.76. The number of aromatic hydroxyl groups is 2. The fourth-order valence-corrected chi connectivity index (χ4v) is 4.49. The van der Waals surface area contributed by atoms with Crippen molar-refractivity contribution in [2.75, 3.05) is 0 Å². The summed E-state index contributed by atoms with van der Waals surface area (Å²) in [5.41, 5.74) is -0.616. The van der Waals surface area contributed by atoms with E-state index in [1.165, 1.54) is 12.1 Å². The summed E-state index contributed by atoms with van der Waals surface area (Å²) in [6, 6.07) is 3.87. The van der Waals surface area contributed by atoms with Crippen molar-refractivity contribution in [1.29, 1.82) is 0 Å². The molecule has 0 unspecified atom stereocenters. The summed E-state index contributed by atoms with van der Waals surface area (Å²) < 4.78 is 0. The molecule has 0 aromatic heterocycles. The molecule has 0 saturated heterocycles. The molecule has 2 aliphatic rings. The topological polar surface area (TPSA) is 115 Å². The van der Waals surface area contributed by atoms with Gasteiger partial charge in [-0.25, -0.2) is 0 Å². The average Bonchev–Trinajstić information content (AvgIpc) is 2.50. The number of Topliss-reactive ketones (excluding diaryl/α,β-unsaturated/α-hetero) is 2. The van der Waals surface area contributed by atoms with E-state index in [0.29, 0.717) is 0 Å². The number of phenolic OH excluding ortho intramolecular Hbond substituents is 2. The van der Waals surface area contributed by atoms with Crippen LogP contribution in [0.25, 0.3) is 0 Å². The molecule has 0 heterocycles. The quantitative estimate of drug-likeness (QED) is 0.590. The number of aliphatic hydroxyl groups excluding tert-OH is 2. The van der Waals surface area contributed by atoms with Crippen LogP contribution in [0.5, 0.6) is 11.5 Å². The molecule has 0 atom stereocenters. The van der Waals surface area contributed by atoms with Crippen LogP contribution in [0.1, 0.15) is 64.9 Å². The summed E-state index contributed by atoms with van der Waals surface area (Å²) in [4.78, 5) is 26.1. The van der Waals surface area contributed by atoms with Crippen LogP contribution in [0, 0.1) is 10.8 Å². The van der Waals surface area contributed by atoms with Crippen molar-refractivity contribution >= 4 is 11.6 Å². The van der Waals surface area contributed by atoms with Gasteiger partial charge in [0.15, 0.2) is 11.6 Å². The molecule has 6 nitrogen and oxygen atoms in total. The zero-order valence-corrected chi connectivity index (χ0v) is 17.2. The van der Waals surface area contributed by atoms with E-state index in [2.05, 4.69) is 0 Å². The summed E-state index contributed by atoms with van der Waals surface area (Å²) in [5, 5.41) is 41.7. The van der Waals surface area contributed by atoms with Crippen LogP contribution < -0.4 is 0 Å². The SMILES string of the molecule is CC1(C)CC(=O)C(C(C2=C(O)CC(C)(C)CC2=O)c2ccc(O)cc2O)=C(O)C1. The number of ketones is 2. The van der Waals surface area contributed by atoms with Gasteiger partial charge in [0.2, 0.25) is 0 Å². The van der Waals surface area contributed by atoms with Crippen molar-refractivity contribution in [2.45, 2.75) is 59.3 Å². The van der Waals surface area contributed by atoms with Crippen molar-refractivity contribution in [3.05, 3.63) is 46.4 Å². The minimum Gasteiger partial charge on any atom is -0.512 e. The molecule has 4 N–H and O–H groups in total. The molecule has 0 fully saturated rings. The first-order valence-electron chi connectivity index (χ1n) is 9.74. The van der Waals surface area contributed by atoms with Crippen LogP contribution in [0.3, 0.4) is 0 Å². The van der Waals surface area contributed by atoms with Gasteiger partial charge in [-0.3, -0.25) is 9.59 Å². The summed E-state index contributed by atoms with van der Waals surface area (Å²) in [6.07, 6.45) is 0.846. The Morgan fingerprint density at radius 2 is 1.21 bits per heavy atom. The van der Waals surface area contributed by atoms with Gasteiger partial charge in [-0.15, -0.1) is 0 Å². The highest BCUT2D eigenvalue weighted by Crippen LogP contribution is 2.49. The molecule has 0 aliphatic heterocycles. The predicted octanol–water partition coefficient (Wildman–Crippen LogP) is 4.58. The maximum atomic E-state index is 13.0. The minimum atomic E-state index is -1.09. The largest absolute Gasteiger partial charge is 0.512 e. The van der Waals surface area contributed by atoms with E-state index in [1.807, 2.05) is 27.7 Å². The highest BCUT2D eigenvalue weighted by Gasteiger charge is 2.44. The molecule has 0 saturated carbocycles. The maximum Gasteiger partial charge on any atom is 0.163 e. The van der Waals surface area contributed by atoms with Crippen molar-refractivity contribution in [2.24, 2.45) is 10.8 Å². The lowest BCUT2D eigenvalue weighted by atomic mass is 9.67. The van der Waals surface area contributed by atoms with Crippen molar-refractivity contribution < 1.29 is 30.0 Å². The molecule has 0 amide bonds. The molecule has 0 spiro atoms. The number of allylic oxidation sites excluding steroid dienone is 4. The molecular formula is C23H28O6. The van der Waals surface area contributed by atoms with Crippen molar-refractivity contribution in [1.82, 2.24) is 0 Å². The molecular weight excluding hydrogens is 372 g/mol. The van der Waals surface area contributed by atoms with Crippen LogP contribution in [0.4, 0.5) is 0 Å². The van der Waals surface area contributed by atoms with Gasteiger partial charge in [-0.1, -0.05) is 33.8 Å². The first-order valence-corrected chi connectivity index (χ1v) is 9.74. The summed E-state index contributed by atoms with van der Waals surface area (Å²) in [5.74, 6) is -2.51. The number of carbonyl (C=O) groups is 2. The van der Waals surface area contributed by atoms with E-state index < -0.39 is 16.7 Å². The van der Waals surface area contributed by atoms with Gasteiger partial charge in [0.05, 0.1) is 5.92 Å².